The van der Waals surface area contributed by atoms with Crippen molar-refractivity contribution in [3.8, 4) is 5.75 Å². The van der Waals surface area contributed by atoms with Gasteiger partial charge < -0.3 is 10.4 Å². The topological polar surface area (TPSA) is 56.7 Å². The van der Waals surface area contributed by atoms with Crippen molar-refractivity contribution < 1.29 is 5.11 Å². The number of hydrogen-bond acceptors (Lipinski definition) is 3. The fourth-order valence-corrected chi connectivity index (χ4v) is 2.08. The zero-order valence-corrected chi connectivity index (χ0v) is 12.6. The lowest BCUT2D eigenvalue weighted by Crippen LogP contribution is -2.32. The van der Waals surface area contributed by atoms with Crippen LogP contribution in [0.25, 0.3) is 10.8 Å². The number of rotatable bonds is 4. The standard InChI is InChI=1S/C16H17N3OS/c1-3-10-17-16(21)19-18-11(2)13-9-8-12-6-4-5-7-14(12)15(13)20/h3-9,20H,1,10H2,2H3,(H2,17,19,21)/b18-11+. The van der Waals surface area contributed by atoms with Crippen molar-refractivity contribution in [2.24, 2.45) is 5.10 Å². The largest absolute Gasteiger partial charge is 0.507 e. The van der Waals surface area contributed by atoms with E-state index in [0.29, 0.717) is 22.9 Å². The van der Waals surface area contributed by atoms with Crippen LogP contribution in [0.1, 0.15) is 12.5 Å². The van der Waals surface area contributed by atoms with Crippen molar-refractivity contribution in [3.63, 3.8) is 0 Å². The summed E-state index contributed by atoms with van der Waals surface area (Å²) in [6, 6.07) is 11.5. The fourth-order valence-electron chi connectivity index (χ4n) is 1.95. The molecule has 0 aromatic heterocycles. The number of thiocarbonyl (C=S) groups is 1. The van der Waals surface area contributed by atoms with Gasteiger partial charge in [-0.1, -0.05) is 36.4 Å². The van der Waals surface area contributed by atoms with Gasteiger partial charge in [-0.05, 0) is 30.6 Å². The van der Waals surface area contributed by atoms with Crippen molar-refractivity contribution in [2.75, 3.05) is 6.54 Å². The van der Waals surface area contributed by atoms with Crippen molar-refractivity contribution in [1.29, 1.82) is 0 Å². The van der Waals surface area contributed by atoms with E-state index in [-0.39, 0.29) is 5.75 Å². The molecular weight excluding hydrogens is 282 g/mol. The maximum atomic E-state index is 10.4. The van der Waals surface area contributed by atoms with E-state index in [1.54, 1.807) is 6.08 Å². The molecule has 0 atom stereocenters. The summed E-state index contributed by atoms with van der Waals surface area (Å²) in [5, 5.41) is 19.7. The van der Waals surface area contributed by atoms with Gasteiger partial charge in [0.25, 0.3) is 0 Å². The number of nitrogens with one attached hydrogen (secondary N) is 2. The van der Waals surface area contributed by atoms with Crippen LogP contribution < -0.4 is 10.7 Å². The molecule has 5 heteroatoms. The van der Waals surface area contributed by atoms with E-state index >= 15 is 0 Å². The Kier molecular flexibility index (Phi) is 4.90. The molecule has 0 aliphatic heterocycles. The van der Waals surface area contributed by atoms with Gasteiger partial charge in [0, 0.05) is 17.5 Å². The maximum Gasteiger partial charge on any atom is 0.187 e. The van der Waals surface area contributed by atoms with Gasteiger partial charge in [0.1, 0.15) is 5.75 Å². The van der Waals surface area contributed by atoms with Gasteiger partial charge in [0.15, 0.2) is 5.11 Å². The molecule has 2 aromatic carbocycles. The first kappa shape index (κ1) is 15.0. The lowest BCUT2D eigenvalue weighted by Gasteiger charge is -2.09. The molecule has 4 nitrogen and oxygen atoms in total. The molecule has 3 N–H and O–H groups in total. The molecule has 0 spiro atoms. The van der Waals surface area contributed by atoms with Gasteiger partial charge in [0.05, 0.1) is 5.71 Å². The highest BCUT2D eigenvalue weighted by molar-refractivity contribution is 7.80. The molecule has 0 fully saturated rings. The number of benzene rings is 2. The molecule has 0 radical (unpaired) electrons. The Hall–Kier alpha value is -2.40. The summed E-state index contributed by atoms with van der Waals surface area (Å²) in [6.07, 6.45) is 1.71. The Morgan fingerprint density at radius 3 is 2.86 bits per heavy atom. The van der Waals surface area contributed by atoms with E-state index < -0.39 is 0 Å². The van der Waals surface area contributed by atoms with Gasteiger partial charge in [0.2, 0.25) is 0 Å². The summed E-state index contributed by atoms with van der Waals surface area (Å²) in [6.45, 7) is 5.98. The van der Waals surface area contributed by atoms with Crippen LogP contribution in [0, 0.1) is 0 Å². The van der Waals surface area contributed by atoms with Crippen molar-refractivity contribution in [2.45, 2.75) is 6.92 Å². The number of fused-ring (bicyclic) bond motifs is 1. The summed E-state index contributed by atoms with van der Waals surface area (Å²) in [5.41, 5.74) is 4.07. The predicted molar refractivity (Wildman–Crippen MR) is 91.8 cm³/mol. The quantitative estimate of drug-likeness (QED) is 0.352. The van der Waals surface area contributed by atoms with Crippen LogP contribution in [0.15, 0.2) is 54.2 Å². The smallest absolute Gasteiger partial charge is 0.187 e. The summed E-state index contributed by atoms with van der Waals surface area (Å²) < 4.78 is 0. The van der Waals surface area contributed by atoms with Crippen LogP contribution in [0.4, 0.5) is 0 Å². The zero-order chi connectivity index (χ0) is 15.2. The Morgan fingerprint density at radius 2 is 2.10 bits per heavy atom. The SMILES string of the molecule is C=CCNC(=S)N/N=C(\C)c1ccc2ccccc2c1O. The first-order valence-electron chi connectivity index (χ1n) is 6.53. The number of aromatic hydroxyl groups is 1. The molecule has 0 unspecified atom stereocenters. The molecule has 0 aliphatic rings. The third-order valence-corrected chi connectivity index (χ3v) is 3.26. The van der Waals surface area contributed by atoms with Gasteiger partial charge in [-0.3, -0.25) is 5.43 Å². The second kappa shape index (κ2) is 6.85. The molecule has 2 aromatic rings. The Labute approximate surface area is 129 Å². The highest BCUT2D eigenvalue weighted by Gasteiger charge is 2.08. The number of hydrazone groups is 1. The number of phenolic OH excluding ortho intramolecular Hbond substituents is 1. The van der Waals surface area contributed by atoms with Gasteiger partial charge >= 0.3 is 0 Å². The minimum absolute atomic E-state index is 0.223. The van der Waals surface area contributed by atoms with E-state index in [1.165, 1.54) is 0 Å². The molecule has 0 saturated carbocycles. The van der Waals surface area contributed by atoms with Crippen LogP contribution in [0.3, 0.4) is 0 Å². The van der Waals surface area contributed by atoms with E-state index in [4.69, 9.17) is 12.2 Å². The second-order valence-corrected chi connectivity index (χ2v) is 4.90. The van der Waals surface area contributed by atoms with Gasteiger partial charge in [-0.25, -0.2) is 0 Å². The normalized spacial score (nSPS) is 11.2. The molecule has 0 amide bonds. The van der Waals surface area contributed by atoms with Crippen LogP contribution in [-0.2, 0) is 0 Å². The first-order chi connectivity index (χ1) is 10.1. The highest BCUT2D eigenvalue weighted by atomic mass is 32.1. The monoisotopic (exact) mass is 299 g/mol. The summed E-state index contributed by atoms with van der Waals surface area (Å²) in [5.74, 6) is 0.223. The van der Waals surface area contributed by atoms with Crippen molar-refractivity contribution in [1.82, 2.24) is 10.7 Å². The van der Waals surface area contributed by atoms with E-state index in [1.807, 2.05) is 43.3 Å². The van der Waals surface area contributed by atoms with Crippen LogP contribution in [0.2, 0.25) is 0 Å². The van der Waals surface area contributed by atoms with E-state index in [9.17, 15) is 5.11 Å². The van der Waals surface area contributed by atoms with Crippen LogP contribution >= 0.6 is 12.2 Å². The van der Waals surface area contributed by atoms with Crippen LogP contribution in [-0.4, -0.2) is 22.5 Å². The Morgan fingerprint density at radius 1 is 1.33 bits per heavy atom. The van der Waals surface area contributed by atoms with E-state index in [2.05, 4.69) is 22.4 Å². The average Bonchev–Trinajstić information content (AvgIpc) is 2.51. The Balaban J connectivity index is 2.23. The molecule has 21 heavy (non-hydrogen) atoms. The molecule has 0 heterocycles. The van der Waals surface area contributed by atoms with Gasteiger partial charge in [-0.2, -0.15) is 5.10 Å². The summed E-state index contributed by atoms with van der Waals surface area (Å²) in [4.78, 5) is 0. The molecule has 0 saturated heterocycles. The summed E-state index contributed by atoms with van der Waals surface area (Å²) in [7, 11) is 0. The minimum atomic E-state index is 0.223. The van der Waals surface area contributed by atoms with Crippen LogP contribution in [0.5, 0.6) is 5.75 Å². The third-order valence-electron chi connectivity index (χ3n) is 3.02. The lowest BCUT2D eigenvalue weighted by molar-refractivity contribution is 0.480. The van der Waals surface area contributed by atoms with E-state index in [0.717, 1.165) is 10.8 Å². The minimum Gasteiger partial charge on any atom is -0.507 e. The number of nitrogens with zero attached hydrogens (tertiary/aromatic N) is 1. The fraction of sp³-hybridized carbons (Fsp3) is 0.125. The summed E-state index contributed by atoms with van der Waals surface area (Å²) >= 11 is 5.06. The molecule has 2 rings (SSSR count). The first-order valence-corrected chi connectivity index (χ1v) is 6.94. The number of phenols is 1. The third kappa shape index (κ3) is 3.58. The van der Waals surface area contributed by atoms with Gasteiger partial charge in [-0.15, -0.1) is 6.58 Å². The molecule has 0 bridgehead atoms. The van der Waals surface area contributed by atoms with Crippen molar-refractivity contribution >= 4 is 33.8 Å². The second-order valence-electron chi connectivity index (χ2n) is 4.49. The maximum absolute atomic E-state index is 10.4. The lowest BCUT2D eigenvalue weighted by atomic mass is 10.0. The molecule has 108 valence electrons. The molecular formula is C16H17N3OS. The zero-order valence-electron chi connectivity index (χ0n) is 11.8. The Bertz CT molecular complexity index is 710. The highest BCUT2D eigenvalue weighted by Crippen LogP contribution is 2.28. The average molecular weight is 299 g/mol. The number of hydrogen-bond donors (Lipinski definition) is 3. The predicted octanol–water partition coefficient (Wildman–Crippen LogP) is 2.92. The van der Waals surface area contributed by atoms with Crippen molar-refractivity contribution in [3.05, 3.63) is 54.6 Å². The molecule has 0 aliphatic carbocycles.